The van der Waals surface area contributed by atoms with Crippen LogP contribution < -0.4 is 0 Å². The van der Waals surface area contributed by atoms with Crippen molar-refractivity contribution in [3.05, 3.63) is 35.5 Å². The van der Waals surface area contributed by atoms with Crippen LogP contribution in [0.1, 0.15) is 106 Å². The largest absolute Gasteiger partial charge is 0.462 e. The summed E-state index contributed by atoms with van der Waals surface area (Å²) in [7, 11) is 0. The zero-order valence-corrected chi connectivity index (χ0v) is 23.8. The van der Waals surface area contributed by atoms with Gasteiger partial charge >= 0.3 is 5.97 Å². The van der Waals surface area contributed by atoms with Gasteiger partial charge in [-0.3, -0.25) is 4.79 Å². The highest BCUT2D eigenvalue weighted by Gasteiger charge is 2.50. The number of hydrogen-bond acceptors (Lipinski definition) is 4. The summed E-state index contributed by atoms with van der Waals surface area (Å²) in [5.41, 5.74) is 3.94. The molecule has 0 N–H and O–H groups in total. The van der Waals surface area contributed by atoms with Crippen LogP contribution in [0.4, 0.5) is 0 Å². The van der Waals surface area contributed by atoms with Crippen molar-refractivity contribution in [1.29, 1.82) is 0 Å². The van der Waals surface area contributed by atoms with Crippen molar-refractivity contribution in [2.75, 3.05) is 0 Å². The van der Waals surface area contributed by atoms with Crippen LogP contribution in [0, 0.1) is 35.0 Å². The van der Waals surface area contributed by atoms with E-state index in [0.717, 1.165) is 37.3 Å². The Bertz CT molecular complexity index is 943. The molecular weight excluding hydrogens is 446 g/mol. The highest BCUT2D eigenvalue weighted by Crippen LogP contribution is 2.59. The Hall–Kier alpha value is -1.84. The molecule has 3 fully saturated rings. The lowest BCUT2D eigenvalue weighted by Crippen LogP contribution is -2.39. The molecule has 7 atom stereocenters. The van der Waals surface area contributed by atoms with Crippen molar-refractivity contribution in [3.63, 3.8) is 0 Å². The summed E-state index contributed by atoms with van der Waals surface area (Å²) >= 11 is 0. The molecule has 1 spiro atoms. The third kappa shape index (κ3) is 5.53. The molecular formula is C32H49NO3. The number of carbonyl (C=O) groups is 1. The lowest BCUT2D eigenvalue weighted by Gasteiger charge is -2.44. The third-order valence-electron chi connectivity index (χ3n) is 10.1. The normalized spacial score (nSPS) is 38.4. The van der Waals surface area contributed by atoms with Gasteiger partial charge in [-0.25, -0.2) is 0 Å². The van der Waals surface area contributed by atoms with E-state index in [4.69, 9.17) is 9.57 Å². The Kier molecular flexibility index (Phi) is 8.22. The Morgan fingerprint density at radius 1 is 1.11 bits per heavy atom. The van der Waals surface area contributed by atoms with E-state index < -0.39 is 0 Å². The molecule has 36 heavy (non-hydrogen) atoms. The van der Waals surface area contributed by atoms with E-state index in [1.54, 1.807) is 5.57 Å². The molecule has 200 valence electrons. The minimum absolute atomic E-state index is 0.0596. The third-order valence-corrected chi connectivity index (χ3v) is 10.1. The molecule has 4 nitrogen and oxygen atoms in total. The molecule has 4 aliphatic rings. The average Bonchev–Trinajstić information content (AvgIpc) is 3.37. The zero-order valence-electron chi connectivity index (χ0n) is 23.8. The maximum absolute atomic E-state index is 11.6. The van der Waals surface area contributed by atoms with Gasteiger partial charge in [-0.15, -0.1) is 0 Å². The molecule has 0 aromatic heterocycles. The molecule has 2 unspecified atom stereocenters. The van der Waals surface area contributed by atoms with Gasteiger partial charge < -0.3 is 9.57 Å². The van der Waals surface area contributed by atoms with Crippen LogP contribution in [0.5, 0.6) is 0 Å². The summed E-state index contributed by atoms with van der Waals surface area (Å²) < 4.78 is 5.62. The first-order chi connectivity index (χ1) is 17.0. The van der Waals surface area contributed by atoms with Crippen LogP contribution in [-0.2, 0) is 14.4 Å². The number of ether oxygens (including phenoxy) is 1. The van der Waals surface area contributed by atoms with Crippen molar-refractivity contribution in [3.8, 4) is 0 Å². The lowest BCUT2D eigenvalue weighted by molar-refractivity contribution is -0.149. The Morgan fingerprint density at radius 2 is 1.89 bits per heavy atom. The number of hydrogen-bond donors (Lipinski definition) is 0. The quantitative estimate of drug-likeness (QED) is 0.276. The van der Waals surface area contributed by atoms with E-state index in [1.807, 2.05) is 6.92 Å². The van der Waals surface area contributed by atoms with Gasteiger partial charge in [-0.1, -0.05) is 69.7 Å². The predicted octanol–water partition coefficient (Wildman–Crippen LogP) is 8.19. The minimum Gasteiger partial charge on any atom is -0.462 e. The van der Waals surface area contributed by atoms with E-state index in [0.29, 0.717) is 29.1 Å². The van der Waals surface area contributed by atoms with Gasteiger partial charge in [0.1, 0.15) is 6.10 Å². The fourth-order valence-electron chi connectivity index (χ4n) is 7.65. The second-order valence-corrected chi connectivity index (χ2v) is 12.9. The van der Waals surface area contributed by atoms with E-state index in [-0.39, 0.29) is 17.7 Å². The fourth-order valence-corrected chi connectivity index (χ4v) is 7.65. The molecule has 0 bridgehead atoms. The van der Waals surface area contributed by atoms with Crippen molar-refractivity contribution in [2.45, 2.75) is 118 Å². The molecule has 4 rings (SSSR count). The fraction of sp³-hybridized carbons (Fsp3) is 0.750. The summed E-state index contributed by atoms with van der Waals surface area (Å²) in [5.74, 6) is 3.17. The Balaban J connectivity index is 1.55. The topological polar surface area (TPSA) is 47.9 Å². The van der Waals surface area contributed by atoms with E-state index in [9.17, 15) is 4.79 Å². The average molecular weight is 496 g/mol. The van der Waals surface area contributed by atoms with Crippen molar-refractivity contribution in [2.24, 2.45) is 40.2 Å². The Labute approximate surface area is 219 Å². The molecule has 1 aliphatic heterocycles. The molecule has 0 aromatic carbocycles. The second-order valence-electron chi connectivity index (χ2n) is 12.9. The number of fused-ring (bicyclic) bond motifs is 1. The van der Waals surface area contributed by atoms with Crippen LogP contribution in [0.3, 0.4) is 0 Å². The first-order valence-electron chi connectivity index (χ1n) is 14.5. The maximum Gasteiger partial charge on any atom is 0.302 e. The minimum atomic E-state index is -0.347. The Morgan fingerprint density at radius 3 is 2.56 bits per heavy atom. The molecule has 0 saturated heterocycles. The summed E-state index contributed by atoms with van der Waals surface area (Å²) in [4.78, 5) is 17.7. The molecule has 0 aromatic rings. The smallest absolute Gasteiger partial charge is 0.302 e. The molecule has 3 saturated carbocycles. The SMILES string of the molecule is CC(=O)O[C@H]1CC[C@]2(CC(C)=NO2)/C(=C\C=C2/CCC[C@@]3(C)C2CC[C@@H]3C(C)/C=C/[C@H](C)C(C)C)C1. The van der Waals surface area contributed by atoms with Crippen LogP contribution in [0.15, 0.2) is 40.6 Å². The van der Waals surface area contributed by atoms with E-state index in [2.05, 4.69) is 64.1 Å². The molecule has 0 radical (unpaired) electrons. The number of oxime groups is 1. The zero-order chi connectivity index (χ0) is 26.1. The molecule has 4 heteroatoms. The van der Waals surface area contributed by atoms with Crippen LogP contribution in [-0.4, -0.2) is 23.4 Å². The number of nitrogens with zero attached hydrogens (tertiary/aromatic N) is 1. The number of carbonyl (C=O) groups excluding carboxylic acids is 1. The van der Waals surface area contributed by atoms with Gasteiger partial charge in [0.25, 0.3) is 0 Å². The van der Waals surface area contributed by atoms with Crippen LogP contribution in [0.2, 0.25) is 0 Å². The van der Waals surface area contributed by atoms with Crippen molar-refractivity contribution >= 4 is 11.7 Å². The van der Waals surface area contributed by atoms with Crippen molar-refractivity contribution in [1.82, 2.24) is 0 Å². The van der Waals surface area contributed by atoms with Gasteiger partial charge in [-0.2, -0.15) is 0 Å². The number of esters is 1. The van der Waals surface area contributed by atoms with E-state index >= 15 is 0 Å². The van der Waals surface area contributed by atoms with Crippen molar-refractivity contribution < 1.29 is 14.4 Å². The van der Waals surface area contributed by atoms with Gasteiger partial charge in [0.05, 0.1) is 5.71 Å². The van der Waals surface area contributed by atoms with E-state index in [1.165, 1.54) is 44.6 Å². The van der Waals surface area contributed by atoms with Gasteiger partial charge in [0.15, 0.2) is 5.60 Å². The predicted molar refractivity (Wildman–Crippen MR) is 148 cm³/mol. The summed E-state index contributed by atoms with van der Waals surface area (Å²) in [6, 6.07) is 0. The van der Waals surface area contributed by atoms with Gasteiger partial charge in [-0.05, 0) is 92.4 Å². The standard InChI is InChI=1S/C32H49NO3/c1-21(2)22(3)10-11-23(4)29-14-15-30-26(9-8-17-31(29,30)7)12-13-27-19-28(35-25(6)34)16-18-32(27)20-24(5)33-36-32/h10-13,21-23,28-30H,8-9,14-20H2,1-7H3/b11-10+,26-12+,27-13-/t22-,23?,28-,29+,30?,31+,32-/m0/s1. The summed E-state index contributed by atoms with van der Waals surface area (Å²) in [6.07, 6.45) is 19.4. The van der Waals surface area contributed by atoms with Gasteiger partial charge in [0, 0.05) is 19.8 Å². The first-order valence-corrected chi connectivity index (χ1v) is 14.5. The number of rotatable bonds is 6. The highest BCUT2D eigenvalue weighted by atomic mass is 16.7. The summed E-state index contributed by atoms with van der Waals surface area (Å²) in [6.45, 7) is 15.5. The monoisotopic (exact) mass is 495 g/mol. The van der Waals surface area contributed by atoms with Crippen LogP contribution >= 0.6 is 0 Å². The maximum atomic E-state index is 11.6. The molecule has 0 amide bonds. The number of allylic oxidation sites excluding steroid dienone is 5. The summed E-state index contributed by atoms with van der Waals surface area (Å²) in [5, 5.41) is 4.32. The lowest BCUT2D eigenvalue weighted by atomic mass is 9.61. The van der Waals surface area contributed by atoms with Crippen LogP contribution in [0.25, 0.3) is 0 Å². The molecule has 3 aliphatic carbocycles. The highest BCUT2D eigenvalue weighted by molar-refractivity contribution is 5.84. The van der Waals surface area contributed by atoms with Gasteiger partial charge in [0.2, 0.25) is 0 Å². The first kappa shape index (κ1) is 27.2. The molecule has 1 heterocycles. The second kappa shape index (κ2) is 10.9.